The summed E-state index contributed by atoms with van der Waals surface area (Å²) in [5.41, 5.74) is 0.855. The molecule has 0 amide bonds. The molecule has 0 fully saturated rings. The maximum Gasteiger partial charge on any atom is 0.264 e. The average Bonchev–Trinajstić information content (AvgIpc) is 2.03. The number of benzene rings is 1. The van der Waals surface area contributed by atoms with E-state index in [2.05, 4.69) is 0 Å². The first-order valence-corrected chi connectivity index (χ1v) is 5.74. The normalized spacial score (nSPS) is 14.0. The van der Waals surface area contributed by atoms with Crippen LogP contribution in [0.25, 0.3) is 0 Å². The van der Waals surface area contributed by atoms with Gasteiger partial charge in [-0.3, -0.25) is 4.18 Å². The van der Waals surface area contributed by atoms with Crippen molar-refractivity contribution in [3.8, 4) is 0 Å². The van der Waals surface area contributed by atoms with Crippen molar-refractivity contribution in [1.82, 2.24) is 0 Å². The van der Waals surface area contributed by atoms with E-state index in [-0.39, 0.29) is 0 Å². The maximum atomic E-state index is 10.8. The molecule has 1 rings (SSSR count). The van der Waals surface area contributed by atoms with Crippen LogP contribution in [0.5, 0.6) is 0 Å². The van der Waals surface area contributed by atoms with Crippen LogP contribution in [0.2, 0.25) is 0 Å². The highest BCUT2D eigenvalue weighted by atomic mass is 32.2. The zero-order chi connectivity index (χ0) is 9.90. The Kier molecular flexibility index (Phi) is 3.06. The van der Waals surface area contributed by atoms with E-state index in [9.17, 15) is 8.42 Å². The van der Waals surface area contributed by atoms with Crippen LogP contribution >= 0.6 is 0 Å². The lowest BCUT2D eigenvalue weighted by Gasteiger charge is -2.10. The van der Waals surface area contributed by atoms with E-state index < -0.39 is 16.2 Å². The lowest BCUT2D eigenvalue weighted by Crippen LogP contribution is -2.07. The van der Waals surface area contributed by atoms with Crippen LogP contribution in [0.1, 0.15) is 18.6 Å². The summed E-state index contributed by atoms with van der Waals surface area (Å²) in [6.45, 7) is 1.70. The van der Waals surface area contributed by atoms with Crippen LogP contribution < -0.4 is 0 Å². The number of hydrogen-bond acceptors (Lipinski definition) is 3. The van der Waals surface area contributed by atoms with Crippen LogP contribution in [-0.2, 0) is 14.3 Å². The molecular formula is C9H12O3S. The molecule has 1 unspecified atom stereocenters. The molecule has 1 aromatic carbocycles. The van der Waals surface area contributed by atoms with E-state index in [1.165, 1.54) is 0 Å². The lowest BCUT2D eigenvalue weighted by atomic mass is 10.1. The van der Waals surface area contributed by atoms with Gasteiger partial charge in [0.25, 0.3) is 10.1 Å². The largest absolute Gasteiger partial charge is 0.264 e. The molecule has 0 aliphatic heterocycles. The van der Waals surface area contributed by atoms with Crippen molar-refractivity contribution in [3.63, 3.8) is 0 Å². The smallest absolute Gasteiger partial charge is 0.262 e. The molecule has 0 aliphatic rings. The van der Waals surface area contributed by atoms with Gasteiger partial charge in [-0.1, -0.05) is 30.3 Å². The van der Waals surface area contributed by atoms with Gasteiger partial charge in [-0.2, -0.15) is 8.42 Å². The fourth-order valence-corrected chi connectivity index (χ4v) is 1.68. The SMILES string of the molecule is CC(OS(C)(=O)=O)c1ccccc1. The van der Waals surface area contributed by atoms with Gasteiger partial charge in [0.15, 0.2) is 0 Å². The fraction of sp³-hybridized carbons (Fsp3) is 0.333. The third-order valence-corrected chi connectivity index (χ3v) is 2.23. The predicted molar refractivity (Wildman–Crippen MR) is 50.8 cm³/mol. The van der Waals surface area contributed by atoms with Gasteiger partial charge < -0.3 is 0 Å². The van der Waals surface area contributed by atoms with Gasteiger partial charge in [-0.25, -0.2) is 0 Å². The highest BCUT2D eigenvalue weighted by Gasteiger charge is 2.11. The Hall–Kier alpha value is -0.870. The third kappa shape index (κ3) is 3.57. The highest BCUT2D eigenvalue weighted by Crippen LogP contribution is 2.17. The molecular weight excluding hydrogens is 188 g/mol. The molecule has 0 aromatic heterocycles. The number of rotatable bonds is 3. The number of hydrogen-bond donors (Lipinski definition) is 0. The van der Waals surface area contributed by atoms with Gasteiger partial charge in [-0.15, -0.1) is 0 Å². The molecule has 0 bridgehead atoms. The van der Waals surface area contributed by atoms with Gasteiger partial charge in [-0.05, 0) is 12.5 Å². The fourth-order valence-electron chi connectivity index (χ4n) is 1.04. The summed E-state index contributed by atoms with van der Waals surface area (Å²) in [4.78, 5) is 0. The molecule has 13 heavy (non-hydrogen) atoms. The molecule has 0 spiro atoms. The first-order chi connectivity index (χ1) is 5.99. The molecule has 1 aromatic rings. The van der Waals surface area contributed by atoms with E-state index in [1.54, 1.807) is 6.92 Å². The molecule has 0 saturated heterocycles. The van der Waals surface area contributed by atoms with Crippen molar-refractivity contribution < 1.29 is 12.6 Å². The molecule has 1 atom stereocenters. The van der Waals surface area contributed by atoms with Crippen LogP contribution in [0, 0.1) is 0 Å². The first kappa shape index (κ1) is 10.2. The summed E-state index contributed by atoms with van der Waals surface area (Å²) in [6, 6.07) is 9.22. The van der Waals surface area contributed by atoms with Crippen LogP contribution in [0.3, 0.4) is 0 Å². The second kappa shape index (κ2) is 3.89. The van der Waals surface area contributed by atoms with Crippen molar-refractivity contribution in [2.75, 3.05) is 6.26 Å². The molecule has 0 saturated carbocycles. The Balaban J connectivity index is 2.76. The van der Waals surface area contributed by atoms with Crippen LogP contribution in [0.15, 0.2) is 30.3 Å². The van der Waals surface area contributed by atoms with E-state index >= 15 is 0 Å². The minimum absolute atomic E-state index is 0.420. The second-order valence-electron chi connectivity index (χ2n) is 2.85. The van der Waals surface area contributed by atoms with E-state index in [0.717, 1.165) is 11.8 Å². The predicted octanol–water partition coefficient (Wildman–Crippen LogP) is 1.72. The Morgan fingerprint density at radius 3 is 2.23 bits per heavy atom. The molecule has 72 valence electrons. The summed E-state index contributed by atoms with van der Waals surface area (Å²) in [6.07, 6.45) is 0.628. The molecule has 0 N–H and O–H groups in total. The quantitative estimate of drug-likeness (QED) is 0.698. The van der Waals surface area contributed by atoms with Crippen molar-refractivity contribution >= 4 is 10.1 Å². The second-order valence-corrected chi connectivity index (χ2v) is 4.45. The summed E-state index contributed by atoms with van der Waals surface area (Å²) in [5.74, 6) is 0. The lowest BCUT2D eigenvalue weighted by molar-refractivity contribution is 0.237. The van der Waals surface area contributed by atoms with Crippen LogP contribution in [0.4, 0.5) is 0 Å². The zero-order valence-corrected chi connectivity index (χ0v) is 8.41. The molecule has 4 heteroatoms. The first-order valence-electron chi connectivity index (χ1n) is 3.92. The van der Waals surface area contributed by atoms with Gasteiger partial charge in [0.1, 0.15) is 0 Å². The van der Waals surface area contributed by atoms with E-state index in [4.69, 9.17) is 4.18 Å². The average molecular weight is 200 g/mol. The summed E-state index contributed by atoms with van der Waals surface area (Å²) < 4.78 is 26.4. The molecule has 0 radical (unpaired) electrons. The molecule has 3 nitrogen and oxygen atoms in total. The Morgan fingerprint density at radius 1 is 1.23 bits per heavy atom. The molecule has 0 heterocycles. The van der Waals surface area contributed by atoms with Crippen molar-refractivity contribution in [2.24, 2.45) is 0 Å². The monoisotopic (exact) mass is 200 g/mol. The van der Waals surface area contributed by atoms with Gasteiger partial charge >= 0.3 is 0 Å². The van der Waals surface area contributed by atoms with Crippen molar-refractivity contribution in [1.29, 1.82) is 0 Å². The zero-order valence-electron chi connectivity index (χ0n) is 7.60. The van der Waals surface area contributed by atoms with Gasteiger partial charge in [0, 0.05) is 0 Å². The van der Waals surface area contributed by atoms with E-state index in [1.807, 2.05) is 30.3 Å². The topological polar surface area (TPSA) is 43.4 Å². The van der Waals surface area contributed by atoms with Crippen molar-refractivity contribution in [3.05, 3.63) is 35.9 Å². The summed E-state index contributed by atoms with van der Waals surface area (Å²) in [5, 5.41) is 0. The summed E-state index contributed by atoms with van der Waals surface area (Å²) in [7, 11) is -3.37. The minimum Gasteiger partial charge on any atom is -0.262 e. The highest BCUT2D eigenvalue weighted by molar-refractivity contribution is 7.86. The van der Waals surface area contributed by atoms with Crippen molar-refractivity contribution in [2.45, 2.75) is 13.0 Å². The maximum absolute atomic E-state index is 10.8. The van der Waals surface area contributed by atoms with Crippen LogP contribution in [-0.4, -0.2) is 14.7 Å². The van der Waals surface area contributed by atoms with E-state index in [0.29, 0.717) is 0 Å². The standard InChI is InChI=1S/C9H12O3S/c1-8(12-13(2,10)11)9-6-4-3-5-7-9/h3-8H,1-2H3. The minimum atomic E-state index is -3.37. The Labute approximate surface area is 78.5 Å². The summed E-state index contributed by atoms with van der Waals surface area (Å²) >= 11 is 0. The van der Waals surface area contributed by atoms with Gasteiger partial charge in [0.2, 0.25) is 0 Å². The molecule has 0 aliphatic carbocycles. The Bertz CT molecular complexity index is 356. The van der Waals surface area contributed by atoms with Gasteiger partial charge in [0.05, 0.1) is 12.4 Å². The third-order valence-electron chi connectivity index (χ3n) is 1.59. The Morgan fingerprint density at radius 2 is 1.77 bits per heavy atom.